The van der Waals surface area contributed by atoms with E-state index in [9.17, 15) is 0 Å². The Morgan fingerprint density at radius 2 is 2.06 bits per heavy atom. The van der Waals surface area contributed by atoms with Crippen molar-refractivity contribution >= 4 is 0 Å². The second kappa shape index (κ2) is 6.04. The van der Waals surface area contributed by atoms with Gasteiger partial charge in [0.05, 0.1) is 6.20 Å². The van der Waals surface area contributed by atoms with E-state index in [4.69, 9.17) is 0 Å². The molecule has 0 unspecified atom stereocenters. The van der Waals surface area contributed by atoms with Gasteiger partial charge in [0.15, 0.2) is 0 Å². The lowest BCUT2D eigenvalue weighted by Crippen LogP contribution is -2.19. The highest BCUT2D eigenvalue weighted by Crippen LogP contribution is 2.23. The largest absolute Gasteiger partial charge is 0.313 e. The zero-order chi connectivity index (χ0) is 12.0. The molecule has 0 saturated heterocycles. The topological polar surface area (TPSA) is 40.7 Å². The summed E-state index contributed by atoms with van der Waals surface area (Å²) in [6.45, 7) is 10.9. The third kappa shape index (κ3) is 3.97. The Hall–Kier alpha value is -0.830. The molecule has 3 nitrogen and oxygen atoms in total. The summed E-state index contributed by atoms with van der Waals surface area (Å²) in [4.78, 5) is 0. The van der Waals surface area contributed by atoms with Gasteiger partial charge in [-0.25, -0.2) is 0 Å². The van der Waals surface area contributed by atoms with Gasteiger partial charge in [-0.15, -0.1) is 0 Å². The fourth-order valence-corrected chi connectivity index (χ4v) is 1.82. The molecule has 1 heterocycles. The number of nitrogens with zero attached hydrogens (tertiary/aromatic N) is 1. The molecule has 0 fully saturated rings. The van der Waals surface area contributed by atoms with Crippen molar-refractivity contribution in [1.82, 2.24) is 15.5 Å². The zero-order valence-corrected chi connectivity index (χ0v) is 11.1. The summed E-state index contributed by atoms with van der Waals surface area (Å²) in [5, 5.41) is 10.7. The van der Waals surface area contributed by atoms with Crippen LogP contribution in [-0.4, -0.2) is 16.7 Å². The van der Waals surface area contributed by atoms with E-state index < -0.39 is 0 Å². The second-order valence-corrected chi connectivity index (χ2v) is 5.40. The summed E-state index contributed by atoms with van der Waals surface area (Å²) < 4.78 is 0. The van der Waals surface area contributed by atoms with Crippen molar-refractivity contribution in [2.45, 2.75) is 58.9 Å². The van der Waals surface area contributed by atoms with E-state index in [1.807, 2.05) is 6.20 Å². The van der Waals surface area contributed by atoms with E-state index in [-0.39, 0.29) is 5.41 Å². The number of hydrogen-bond donors (Lipinski definition) is 2. The molecule has 2 N–H and O–H groups in total. The number of aromatic nitrogens is 2. The third-order valence-electron chi connectivity index (χ3n) is 2.74. The summed E-state index contributed by atoms with van der Waals surface area (Å²) in [6, 6.07) is 0. The number of nitrogens with one attached hydrogen (secondary N) is 2. The number of rotatable bonds is 6. The third-order valence-corrected chi connectivity index (χ3v) is 2.74. The lowest BCUT2D eigenvalue weighted by molar-refractivity contribution is 0.550. The lowest BCUT2D eigenvalue weighted by atomic mass is 9.89. The van der Waals surface area contributed by atoms with Gasteiger partial charge in [-0.2, -0.15) is 5.10 Å². The first-order valence-electron chi connectivity index (χ1n) is 6.29. The predicted octanol–water partition coefficient (Wildman–Crippen LogP) is 2.99. The monoisotopic (exact) mass is 223 g/mol. The Morgan fingerprint density at radius 1 is 1.31 bits per heavy atom. The van der Waals surface area contributed by atoms with Crippen LogP contribution in [0.25, 0.3) is 0 Å². The van der Waals surface area contributed by atoms with Crippen molar-refractivity contribution in [2.24, 2.45) is 0 Å². The Bertz CT molecular complexity index is 296. The van der Waals surface area contributed by atoms with Crippen LogP contribution >= 0.6 is 0 Å². The van der Waals surface area contributed by atoms with E-state index in [2.05, 4.69) is 43.2 Å². The maximum Gasteiger partial charge on any atom is 0.0535 e. The minimum Gasteiger partial charge on any atom is -0.313 e. The average Bonchev–Trinajstić information content (AvgIpc) is 2.65. The van der Waals surface area contributed by atoms with Crippen molar-refractivity contribution in [3.8, 4) is 0 Å². The average molecular weight is 223 g/mol. The Morgan fingerprint density at radius 3 is 2.69 bits per heavy atom. The predicted molar refractivity (Wildman–Crippen MR) is 68.5 cm³/mol. The highest BCUT2D eigenvalue weighted by molar-refractivity contribution is 5.23. The van der Waals surface area contributed by atoms with Crippen LogP contribution in [0.15, 0.2) is 6.20 Å². The van der Waals surface area contributed by atoms with Crippen molar-refractivity contribution in [3.63, 3.8) is 0 Å². The van der Waals surface area contributed by atoms with Gasteiger partial charge in [-0.1, -0.05) is 40.5 Å². The van der Waals surface area contributed by atoms with E-state index in [1.165, 1.54) is 30.5 Å². The lowest BCUT2D eigenvalue weighted by Gasteiger charge is -2.18. The van der Waals surface area contributed by atoms with Crippen LogP contribution < -0.4 is 5.32 Å². The van der Waals surface area contributed by atoms with E-state index in [0.29, 0.717) is 0 Å². The number of hydrogen-bond acceptors (Lipinski definition) is 2. The van der Waals surface area contributed by atoms with Gasteiger partial charge in [0.25, 0.3) is 0 Å². The molecule has 1 aromatic rings. The molecule has 0 amide bonds. The Kier molecular flexibility index (Phi) is 5.00. The summed E-state index contributed by atoms with van der Waals surface area (Å²) in [7, 11) is 0. The van der Waals surface area contributed by atoms with Crippen LogP contribution in [-0.2, 0) is 12.0 Å². The van der Waals surface area contributed by atoms with Crippen LogP contribution in [0.4, 0.5) is 0 Å². The highest BCUT2D eigenvalue weighted by Gasteiger charge is 2.19. The van der Waals surface area contributed by atoms with Gasteiger partial charge in [0.1, 0.15) is 0 Å². The maximum absolute atomic E-state index is 4.14. The molecule has 1 aromatic heterocycles. The first-order chi connectivity index (χ1) is 7.55. The molecule has 0 aliphatic carbocycles. The van der Waals surface area contributed by atoms with Gasteiger partial charge < -0.3 is 5.32 Å². The quantitative estimate of drug-likeness (QED) is 0.728. The molecule has 0 aliphatic rings. The van der Waals surface area contributed by atoms with Crippen LogP contribution in [0.2, 0.25) is 0 Å². The molecule has 0 aliphatic heterocycles. The van der Waals surface area contributed by atoms with Crippen molar-refractivity contribution in [1.29, 1.82) is 0 Å². The van der Waals surface area contributed by atoms with Gasteiger partial charge >= 0.3 is 0 Å². The first kappa shape index (κ1) is 13.2. The van der Waals surface area contributed by atoms with Crippen LogP contribution in [0.1, 0.15) is 58.2 Å². The van der Waals surface area contributed by atoms with E-state index >= 15 is 0 Å². The molecule has 0 atom stereocenters. The summed E-state index contributed by atoms with van der Waals surface area (Å²) in [5.74, 6) is 0. The molecule has 92 valence electrons. The van der Waals surface area contributed by atoms with Crippen LogP contribution in [0, 0.1) is 0 Å². The Balaban J connectivity index is 2.40. The van der Waals surface area contributed by atoms with Crippen LogP contribution in [0.5, 0.6) is 0 Å². The number of unbranched alkanes of at least 4 members (excludes halogenated alkanes) is 2. The summed E-state index contributed by atoms with van der Waals surface area (Å²) >= 11 is 0. The van der Waals surface area contributed by atoms with Crippen molar-refractivity contribution < 1.29 is 0 Å². The van der Waals surface area contributed by atoms with Gasteiger partial charge in [-0.3, -0.25) is 5.10 Å². The molecule has 16 heavy (non-hydrogen) atoms. The number of H-pyrrole nitrogens is 1. The molecule has 0 radical (unpaired) electrons. The molecule has 0 aromatic carbocycles. The van der Waals surface area contributed by atoms with Crippen molar-refractivity contribution in [3.05, 3.63) is 17.5 Å². The number of aromatic amines is 1. The molecular weight excluding hydrogens is 198 g/mol. The normalized spacial score (nSPS) is 12.0. The van der Waals surface area contributed by atoms with Crippen LogP contribution in [0.3, 0.4) is 0 Å². The smallest absolute Gasteiger partial charge is 0.0535 e. The first-order valence-corrected chi connectivity index (χ1v) is 6.29. The molecular formula is C13H25N3. The second-order valence-electron chi connectivity index (χ2n) is 5.40. The molecule has 1 rings (SSSR count). The minimum absolute atomic E-state index is 0.150. The standard InChI is InChI=1S/C13H25N3/c1-5-6-7-8-14-9-11-10-15-16-12(11)13(2,3)4/h10,14H,5-9H2,1-4H3,(H,15,16). The summed E-state index contributed by atoms with van der Waals surface area (Å²) in [6.07, 6.45) is 5.79. The van der Waals surface area contributed by atoms with E-state index in [1.54, 1.807) is 0 Å². The van der Waals surface area contributed by atoms with Gasteiger partial charge in [0, 0.05) is 23.2 Å². The fourth-order valence-electron chi connectivity index (χ4n) is 1.82. The zero-order valence-electron chi connectivity index (χ0n) is 11.1. The fraction of sp³-hybridized carbons (Fsp3) is 0.769. The minimum atomic E-state index is 0.150. The van der Waals surface area contributed by atoms with Gasteiger partial charge in [0.2, 0.25) is 0 Å². The van der Waals surface area contributed by atoms with Crippen molar-refractivity contribution in [2.75, 3.05) is 6.54 Å². The molecule has 0 saturated carbocycles. The summed E-state index contributed by atoms with van der Waals surface area (Å²) in [5.41, 5.74) is 2.69. The van der Waals surface area contributed by atoms with E-state index in [0.717, 1.165) is 13.1 Å². The maximum atomic E-state index is 4.14. The molecule has 0 bridgehead atoms. The SMILES string of the molecule is CCCCCNCc1cn[nH]c1C(C)(C)C. The highest BCUT2D eigenvalue weighted by atomic mass is 15.1. The van der Waals surface area contributed by atoms with Gasteiger partial charge in [-0.05, 0) is 13.0 Å². The molecule has 0 spiro atoms. The Labute approximate surface area is 99.0 Å². The molecule has 3 heteroatoms.